The molecule has 0 saturated carbocycles. The van der Waals surface area contributed by atoms with Crippen LogP contribution in [0.3, 0.4) is 0 Å². The number of carbonyl (C=O) groups is 1. The summed E-state index contributed by atoms with van der Waals surface area (Å²) < 4.78 is 20.4. The first-order valence-electron chi connectivity index (χ1n) is 6.54. The second-order valence-electron chi connectivity index (χ2n) is 4.48. The summed E-state index contributed by atoms with van der Waals surface area (Å²) in [6.07, 6.45) is -2.10. The Kier molecular flexibility index (Phi) is 6.41. The maximum atomic E-state index is 11.9. The van der Waals surface area contributed by atoms with E-state index in [1.807, 2.05) is 0 Å². The highest BCUT2D eigenvalue weighted by Gasteiger charge is 2.19. The summed E-state index contributed by atoms with van der Waals surface area (Å²) >= 11 is 0. The van der Waals surface area contributed by atoms with Gasteiger partial charge in [-0.15, -0.1) is 0 Å². The van der Waals surface area contributed by atoms with Crippen molar-refractivity contribution in [3.8, 4) is 17.2 Å². The number of esters is 1. The summed E-state index contributed by atoms with van der Waals surface area (Å²) in [7, 11) is 1.48. The lowest BCUT2D eigenvalue weighted by Crippen LogP contribution is -2.27. The molecule has 124 valence electrons. The fourth-order valence-electron chi connectivity index (χ4n) is 1.60. The molecular formula is C14H20O8. The molecule has 0 radical (unpaired) electrons. The van der Waals surface area contributed by atoms with E-state index in [1.54, 1.807) is 13.8 Å². The van der Waals surface area contributed by atoms with E-state index < -0.39 is 42.1 Å². The van der Waals surface area contributed by atoms with Gasteiger partial charge in [0.05, 0.1) is 5.56 Å². The molecule has 0 bridgehead atoms. The van der Waals surface area contributed by atoms with Gasteiger partial charge in [0.25, 0.3) is 0 Å². The molecule has 1 rings (SSSR count). The van der Waals surface area contributed by atoms with Crippen molar-refractivity contribution < 1.29 is 39.1 Å². The van der Waals surface area contributed by atoms with Crippen LogP contribution in [0.2, 0.25) is 0 Å². The molecule has 22 heavy (non-hydrogen) atoms. The topological polar surface area (TPSA) is 115 Å². The zero-order chi connectivity index (χ0) is 16.9. The van der Waals surface area contributed by atoms with E-state index in [9.17, 15) is 20.1 Å². The number of ether oxygens (including phenoxy) is 4. The van der Waals surface area contributed by atoms with Gasteiger partial charge in [-0.05, 0) is 32.9 Å². The van der Waals surface area contributed by atoms with E-state index >= 15 is 0 Å². The number of aromatic hydroxyl groups is 3. The fraction of sp³-hybridized carbons (Fsp3) is 0.500. The van der Waals surface area contributed by atoms with Crippen molar-refractivity contribution in [3.63, 3.8) is 0 Å². The lowest BCUT2D eigenvalue weighted by Gasteiger charge is -2.22. The standard InChI is InChI=1S/C14H20O8/c1-7(19-4)20-8(2)21-9(3)22-14(18)10-5-11(15)13(17)12(16)6-10/h5-9,15-17H,1-4H3. The van der Waals surface area contributed by atoms with Crippen LogP contribution in [0.25, 0.3) is 0 Å². The van der Waals surface area contributed by atoms with E-state index in [0.29, 0.717) is 0 Å². The highest BCUT2D eigenvalue weighted by Crippen LogP contribution is 2.35. The van der Waals surface area contributed by atoms with Crippen molar-refractivity contribution in [2.45, 2.75) is 39.6 Å². The molecule has 0 aliphatic heterocycles. The lowest BCUT2D eigenvalue weighted by molar-refractivity contribution is -0.264. The number of phenols is 3. The molecule has 3 unspecified atom stereocenters. The molecular weight excluding hydrogens is 296 g/mol. The third-order valence-electron chi connectivity index (χ3n) is 2.68. The van der Waals surface area contributed by atoms with Crippen molar-refractivity contribution >= 4 is 5.97 Å². The molecule has 0 amide bonds. The highest BCUT2D eigenvalue weighted by molar-refractivity contribution is 5.91. The van der Waals surface area contributed by atoms with Gasteiger partial charge in [-0.3, -0.25) is 0 Å². The van der Waals surface area contributed by atoms with Crippen LogP contribution in [0.1, 0.15) is 31.1 Å². The Balaban J connectivity index is 2.61. The minimum absolute atomic E-state index is 0.137. The van der Waals surface area contributed by atoms with Crippen LogP contribution in [0.15, 0.2) is 12.1 Å². The Morgan fingerprint density at radius 1 is 0.955 bits per heavy atom. The van der Waals surface area contributed by atoms with E-state index in [2.05, 4.69) is 0 Å². The largest absolute Gasteiger partial charge is 0.504 e. The van der Waals surface area contributed by atoms with Gasteiger partial charge in [0.1, 0.15) is 0 Å². The number of rotatable bonds is 7. The van der Waals surface area contributed by atoms with Crippen LogP contribution >= 0.6 is 0 Å². The van der Waals surface area contributed by atoms with E-state index in [-0.39, 0.29) is 5.56 Å². The van der Waals surface area contributed by atoms with Crippen LogP contribution in [0.5, 0.6) is 17.2 Å². The summed E-state index contributed by atoms with van der Waals surface area (Å²) in [4.78, 5) is 11.9. The zero-order valence-electron chi connectivity index (χ0n) is 12.8. The maximum Gasteiger partial charge on any atom is 0.340 e. The summed E-state index contributed by atoms with van der Waals surface area (Å²) in [5.74, 6) is -2.82. The highest BCUT2D eigenvalue weighted by atomic mass is 16.8. The van der Waals surface area contributed by atoms with Crippen molar-refractivity contribution in [2.24, 2.45) is 0 Å². The van der Waals surface area contributed by atoms with Crippen molar-refractivity contribution in [1.29, 1.82) is 0 Å². The minimum atomic E-state index is -0.940. The predicted octanol–water partition coefficient (Wildman–Crippen LogP) is 1.68. The smallest absolute Gasteiger partial charge is 0.340 e. The van der Waals surface area contributed by atoms with Gasteiger partial charge >= 0.3 is 5.97 Å². The lowest BCUT2D eigenvalue weighted by atomic mass is 10.2. The molecule has 0 spiro atoms. The van der Waals surface area contributed by atoms with Gasteiger partial charge in [0, 0.05) is 7.11 Å². The molecule has 8 nitrogen and oxygen atoms in total. The van der Waals surface area contributed by atoms with Gasteiger partial charge < -0.3 is 34.3 Å². The third-order valence-corrected chi connectivity index (χ3v) is 2.68. The molecule has 1 aromatic carbocycles. The summed E-state index contributed by atoms with van der Waals surface area (Å²) in [6.45, 7) is 4.77. The number of hydrogen-bond donors (Lipinski definition) is 3. The molecule has 3 atom stereocenters. The summed E-state index contributed by atoms with van der Waals surface area (Å²) in [5.41, 5.74) is -0.137. The molecule has 0 aliphatic carbocycles. The molecule has 1 aromatic rings. The number of methoxy groups -OCH3 is 1. The average molecular weight is 316 g/mol. The number of hydrogen-bond acceptors (Lipinski definition) is 8. The molecule has 0 saturated heterocycles. The first-order valence-corrected chi connectivity index (χ1v) is 6.54. The van der Waals surface area contributed by atoms with Crippen molar-refractivity contribution in [1.82, 2.24) is 0 Å². The van der Waals surface area contributed by atoms with E-state index in [1.165, 1.54) is 14.0 Å². The predicted molar refractivity (Wildman–Crippen MR) is 74.4 cm³/mol. The molecule has 0 aromatic heterocycles. The van der Waals surface area contributed by atoms with Crippen LogP contribution in [0, 0.1) is 0 Å². The number of benzene rings is 1. The Bertz CT molecular complexity index is 493. The quantitative estimate of drug-likeness (QED) is 0.395. The SMILES string of the molecule is COC(C)OC(C)OC(C)OC(=O)c1cc(O)c(O)c(O)c1. The van der Waals surface area contributed by atoms with Crippen molar-refractivity contribution in [3.05, 3.63) is 17.7 Å². The molecule has 3 N–H and O–H groups in total. The maximum absolute atomic E-state index is 11.9. The van der Waals surface area contributed by atoms with Crippen LogP contribution in [0.4, 0.5) is 0 Å². The van der Waals surface area contributed by atoms with Crippen LogP contribution in [-0.2, 0) is 18.9 Å². The second kappa shape index (κ2) is 7.83. The summed E-state index contributed by atoms with van der Waals surface area (Å²) in [6, 6.07) is 1.94. The summed E-state index contributed by atoms with van der Waals surface area (Å²) in [5, 5.41) is 27.9. The van der Waals surface area contributed by atoms with Gasteiger partial charge in [-0.2, -0.15) is 0 Å². The Morgan fingerprint density at radius 3 is 1.95 bits per heavy atom. The first-order chi connectivity index (χ1) is 10.2. The van der Waals surface area contributed by atoms with Gasteiger partial charge in [-0.25, -0.2) is 4.79 Å². The van der Waals surface area contributed by atoms with E-state index in [0.717, 1.165) is 12.1 Å². The molecule has 0 fully saturated rings. The van der Waals surface area contributed by atoms with Gasteiger partial charge in [-0.1, -0.05) is 0 Å². The molecule has 0 aliphatic rings. The Labute approximate surface area is 127 Å². The average Bonchev–Trinajstić information content (AvgIpc) is 2.43. The molecule has 8 heteroatoms. The Morgan fingerprint density at radius 2 is 1.45 bits per heavy atom. The van der Waals surface area contributed by atoms with Gasteiger partial charge in [0.2, 0.25) is 6.29 Å². The minimum Gasteiger partial charge on any atom is -0.504 e. The molecule has 0 heterocycles. The van der Waals surface area contributed by atoms with Crippen LogP contribution < -0.4 is 0 Å². The van der Waals surface area contributed by atoms with Crippen LogP contribution in [-0.4, -0.2) is 47.3 Å². The second-order valence-corrected chi connectivity index (χ2v) is 4.48. The monoisotopic (exact) mass is 316 g/mol. The number of carbonyl (C=O) groups excluding carboxylic acids is 1. The zero-order valence-corrected chi connectivity index (χ0v) is 12.8. The first kappa shape index (κ1) is 18.0. The number of phenolic OH excluding ortho intramolecular Hbond substituents is 3. The normalized spacial score (nSPS) is 15.1. The third kappa shape index (κ3) is 5.06. The van der Waals surface area contributed by atoms with Gasteiger partial charge in [0.15, 0.2) is 29.8 Å². The van der Waals surface area contributed by atoms with E-state index in [4.69, 9.17) is 18.9 Å². The Hall–Kier alpha value is -2.03. The fourth-order valence-corrected chi connectivity index (χ4v) is 1.60. The van der Waals surface area contributed by atoms with Crippen molar-refractivity contribution in [2.75, 3.05) is 7.11 Å².